The number of carbonyl (C=O) groups is 1. The van der Waals surface area contributed by atoms with E-state index >= 15 is 0 Å². The van der Waals surface area contributed by atoms with E-state index in [1.54, 1.807) is 12.1 Å². The monoisotopic (exact) mass is 414 g/mol. The number of aryl methyl sites for hydroxylation is 2. The Hall–Kier alpha value is -2.18. The Morgan fingerprint density at radius 2 is 1.62 bits per heavy atom. The van der Waals surface area contributed by atoms with Crippen molar-refractivity contribution >= 4 is 21.6 Å². The van der Waals surface area contributed by atoms with Crippen LogP contribution in [0.1, 0.15) is 49.3 Å². The summed E-state index contributed by atoms with van der Waals surface area (Å²) in [6.45, 7) is 8.87. The van der Waals surface area contributed by atoms with Gasteiger partial charge in [-0.3, -0.25) is 4.79 Å². The van der Waals surface area contributed by atoms with E-state index in [4.69, 9.17) is 0 Å². The molecule has 6 heteroatoms. The van der Waals surface area contributed by atoms with Crippen LogP contribution in [0.25, 0.3) is 0 Å². The number of amides is 1. The second-order valence-corrected chi connectivity index (χ2v) is 10.1. The number of piperidine rings is 1. The first kappa shape index (κ1) is 21.5. The molecule has 2 aromatic carbocycles. The lowest BCUT2D eigenvalue weighted by Crippen LogP contribution is -2.41. The summed E-state index contributed by atoms with van der Waals surface area (Å²) in [4.78, 5) is 12.9. The van der Waals surface area contributed by atoms with Gasteiger partial charge in [0.1, 0.15) is 0 Å². The Kier molecular flexibility index (Phi) is 6.44. The van der Waals surface area contributed by atoms with Crippen molar-refractivity contribution in [3.8, 4) is 0 Å². The van der Waals surface area contributed by atoms with Crippen molar-refractivity contribution in [2.75, 3.05) is 18.4 Å². The molecule has 2 aromatic rings. The standard InChI is InChI=1S/C23H30N2O3S/c1-16(2)19-6-8-21(9-7-19)24-23(26)20-11-13-25(14-12-20)29(27,28)22-10-5-17(3)18(4)15-22/h5-10,15-16,20H,11-14H2,1-4H3,(H,24,26). The average Bonchev–Trinajstić information content (AvgIpc) is 2.70. The summed E-state index contributed by atoms with van der Waals surface area (Å²) >= 11 is 0. The van der Waals surface area contributed by atoms with Gasteiger partial charge in [-0.15, -0.1) is 0 Å². The number of anilines is 1. The molecule has 0 spiro atoms. The Balaban J connectivity index is 1.60. The maximum atomic E-state index is 12.9. The summed E-state index contributed by atoms with van der Waals surface area (Å²) in [7, 11) is -3.52. The van der Waals surface area contributed by atoms with Crippen molar-refractivity contribution in [1.82, 2.24) is 4.31 Å². The van der Waals surface area contributed by atoms with Crippen LogP contribution >= 0.6 is 0 Å². The van der Waals surface area contributed by atoms with Crippen LogP contribution in [0.3, 0.4) is 0 Å². The molecule has 29 heavy (non-hydrogen) atoms. The number of nitrogens with one attached hydrogen (secondary N) is 1. The number of carbonyl (C=O) groups excluding carboxylic acids is 1. The fraction of sp³-hybridized carbons (Fsp3) is 0.435. The molecular formula is C23H30N2O3S. The third-order valence-electron chi connectivity index (χ3n) is 5.79. The van der Waals surface area contributed by atoms with Crippen molar-refractivity contribution in [2.45, 2.75) is 51.3 Å². The molecule has 0 aromatic heterocycles. The molecule has 0 atom stereocenters. The smallest absolute Gasteiger partial charge is 0.243 e. The molecule has 5 nitrogen and oxygen atoms in total. The minimum atomic E-state index is -3.52. The summed E-state index contributed by atoms with van der Waals surface area (Å²) in [5.41, 5.74) is 4.04. The zero-order valence-corrected chi connectivity index (χ0v) is 18.4. The number of rotatable bonds is 5. The molecule has 1 fully saturated rings. The molecule has 0 unspecified atom stereocenters. The second-order valence-electron chi connectivity index (χ2n) is 8.19. The SMILES string of the molecule is Cc1ccc(S(=O)(=O)N2CCC(C(=O)Nc3ccc(C(C)C)cc3)CC2)cc1C. The van der Waals surface area contributed by atoms with E-state index in [0.29, 0.717) is 36.7 Å². The number of sulfonamides is 1. The fourth-order valence-electron chi connectivity index (χ4n) is 3.58. The molecular weight excluding hydrogens is 384 g/mol. The molecule has 1 N–H and O–H groups in total. The van der Waals surface area contributed by atoms with Crippen LogP contribution in [0.5, 0.6) is 0 Å². The molecule has 1 saturated heterocycles. The number of nitrogens with zero attached hydrogens (tertiary/aromatic N) is 1. The summed E-state index contributed by atoms with van der Waals surface area (Å²) < 4.78 is 27.4. The van der Waals surface area contributed by atoms with Crippen LogP contribution in [0.15, 0.2) is 47.4 Å². The lowest BCUT2D eigenvalue weighted by atomic mass is 9.97. The highest BCUT2D eigenvalue weighted by Gasteiger charge is 2.32. The molecule has 3 rings (SSSR count). The predicted molar refractivity (Wildman–Crippen MR) is 117 cm³/mol. The maximum Gasteiger partial charge on any atom is 0.243 e. The second kappa shape index (κ2) is 8.67. The van der Waals surface area contributed by atoms with E-state index in [0.717, 1.165) is 16.8 Å². The van der Waals surface area contributed by atoms with Crippen molar-refractivity contribution in [2.24, 2.45) is 5.92 Å². The van der Waals surface area contributed by atoms with E-state index in [1.165, 1.54) is 9.87 Å². The Morgan fingerprint density at radius 3 is 2.17 bits per heavy atom. The molecule has 1 aliphatic rings. The van der Waals surface area contributed by atoms with Gasteiger partial charge >= 0.3 is 0 Å². The van der Waals surface area contributed by atoms with Crippen LogP contribution in [-0.4, -0.2) is 31.7 Å². The summed E-state index contributed by atoms with van der Waals surface area (Å²) in [5.74, 6) is 0.236. The predicted octanol–water partition coefficient (Wildman–Crippen LogP) is 4.47. The van der Waals surface area contributed by atoms with Gasteiger partial charge in [-0.2, -0.15) is 4.31 Å². The van der Waals surface area contributed by atoms with Crippen LogP contribution in [-0.2, 0) is 14.8 Å². The van der Waals surface area contributed by atoms with E-state index in [2.05, 4.69) is 19.2 Å². The molecule has 156 valence electrons. The van der Waals surface area contributed by atoms with E-state index in [-0.39, 0.29) is 11.8 Å². The minimum Gasteiger partial charge on any atom is -0.326 e. The summed E-state index contributed by atoms with van der Waals surface area (Å²) in [6.07, 6.45) is 1.06. The van der Waals surface area contributed by atoms with Crippen LogP contribution in [0.2, 0.25) is 0 Å². The normalized spacial score (nSPS) is 16.2. The zero-order valence-electron chi connectivity index (χ0n) is 17.6. The summed E-state index contributed by atoms with van der Waals surface area (Å²) in [5, 5.41) is 2.97. The third kappa shape index (κ3) is 4.87. The molecule has 1 amide bonds. The van der Waals surface area contributed by atoms with Gasteiger partial charge in [0, 0.05) is 24.7 Å². The maximum absolute atomic E-state index is 12.9. The first-order chi connectivity index (χ1) is 13.7. The number of hydrogen-bond donors (Lipinski definition) is 1. The van der Waals surface area contributed by atoms with Gasteiger partial charge in [-0.1, -0.05) is 32.0 Å². The lowest BCUT2D eigenvalue weighted by Gasteiger charge is -2.30. The zero-order chi connectivity index (χ0) is 21.2. The van der Waals surface area contributed by atoms with E-state index in [1.807, 2.05) is 44.2 Å². The van der Waals surface area contributed by atoms with Gasteiger partial charge in [-0.05, 0) is 73.6 Å². The molecule has 0 aliphatic carbocycles. The van der Waals surface area contributed by atoms with Gasteiger partial charge in [0.05, 0.1) is 4.90 Å². The van der Waals surface area contributed by atoms with Crippen molar-refractivity contribution in [3.05, 3.63) is 59.2 Å². The highest BCUT2D eigenvalue weighted by atomic mass is 32.2. The third-order valence-corrected chi connectivity index (χ3v) is 7.68. The van der Waals surface area contributed by atoms with Gasteiger partial charge in [0.15, 0.2) is 0 Å². The molecule has 0 bridgehead atoms. The molecule has 1 aliphatic heterocycles. The first-order valence-electron chi connectivity index (χ1n) is 10.2. The molecule has 1 heterocycles. The Morgan fingerprint density at radius 1 is 1.00 bits per heavy atom. The molecule has 0 saturated carbocycles. The largest absolute Gasteiger partial charge is 0.326 e. The van der Waals surface area contributed by atoms with Gasteiger partial charge < -0.3 is 5.32 Å². The van der Waals surface area contributed by atoms with Crippen molar-refractivity contribution in [1.29, 1.82) is 0 Å². The summed E-state index contributed by atoms with van der Waals surface area (Å²) in [6, 6.07) is 13.1. The minimum absolute atomic E-state index is 0.0366. The first-order valence-corrected chi connectivity index (χ1v) is 11.6. The number of benzene rings is 2. The highest BCUT2D eigenvalue weighted by molar-refractivity contribution is 7.89. The Labute approximate surface area is 174 Å². The van der Waals surface area contributed by atoms with Gasteiger partial charge in [0.2, 0.25) is 15.9 Å². The quantitative estimate of drug-likeness (QED) is 0.785. The molecule has 0 radical (unpaired) electrons. The topological polar surface area (TPSA) is 66.5 Å². The van der Waals surface area contributed by atoms with Crippen molar-refractivity contribution < 1.29 is 13.2 Å². The van der Waals surface area contributed by atoms with Crippen LogP contribution in [0, 0.1) is 19.8 Å². The van der Waals surface area contributed by atoms with Gasteiger partial charge in [-0.25, -0.2) is 8.42 Å². The van der Waals surface area contributed by atoms with Crippen molar-refractivity contribution in [3.63, 3.8) is 0 Å². The van der Waals surface area contributed by atoms with Crippen LogP contribution in [0.4, 0.5) is 5.69 Å². The average molecular weight is 415 g/mol. The Bertz CT molecular complexity index is 974. The van der Waals surface area contributed by atoms with Crippen LogP contribution < -0.4 is 5.32 Å². The van der Waals surface area contributed by atoms with E-state index in [9.17, 15) is 13.2 Å². The highest BCUT2D eigenvalue weighted by Crippen LogP contribution is 2.26. The lowest BCUT2D eigenvalue weighted by molar-refractivity contribution is -0.120. The fourth-order valence-corrected chi connectivity index (χ4v) is 5.13. The van der Waals surface area contributed by atoms with E-state index < -0.39 is 10.0 Å². The van der Waals surface area contributed by atoms with Gasteiger partial charge in [0.25, 0.3) is 0 Å². The number of hydrogen-bond acceptors (Lipinski definition) is 3.